The first-order chi connectivity index (χ1) is 8.99. The Morgan fingerprint density at radius 1 is 1.21 bits per heavy atom. The van der Waals surface area contributed by atoms with Crippen molar-refractivity contribution >= 4 is 27.5 Å². The second-order valence-corrected chi connectivity index (χ2v) is 5.24. The number of rotatable bonds is 2. The zero-order chi connectivity index (χ0) is 14.0. The van der Waals surface area contributed by atoms with Gasteiger partial charge in [-0.05, 0) is 59.6 Å². The van der Waals surface area contributed by atoms with Crippen LogP contribution in [0.4, 0.5) is 5.69 Å². The summed E-state index contributed by atoms with van der Waals surface area (Å²) in [4.78, 5) is 12.2. The second kappa shape index (κ2) is 5.45. The lowest BCUT2D eigenvalue weighted by Gasteiger charge is -2.10. The minimum Gasteiger partial charge on any atom is -0.508 e. The zero-order valence-electron chi connectivity index (χ0n) is 10.7. The van der Waals surface area contributed by atoms with Crippen molar-refractivity contribution in [3.05, 3.63) is 57.6 Å². The Kier molecular flexibility index (Phi) is 3.90. The molecule has 0 saturated heterocycles. The van der Waals surface area contributed by atoms with E-state index < -0.39 is 0 Å². The van der Waals surface area contributed by atoms with Gasteiger partial charge in [-0.3, -0.25) is 4.79 Å². The molecule has 3 nitrogen and oxygen atoms in total. The molecule has 0 aliphatic heterocycles. The summed E-state index contributed by atoms with van der Waals surface area (Å²) in [5.74, 6) is -0.0404. The molecule has 1 amide bonds. The number of halogens is 1. The molecule has 0 radical (unpaired) electrons. The summed E-state index contributed by atoms with van der Waals surface area (Å²) >= 11 is 3.38. The van der Waals surface area contributed by atoms with Crippen LogP contribution in [0.2, 0.25) is 0 Å². The van der Waals surface area contributed by atoms with Gasteiger partial charge in [-0.2, -0.15) is 0 Å². The maximum Gasteiger partial charge on any atom is 0.256 e. The molecule has 2 aromatic carbocycles. The lowest BCUT2D eigenvalue weighted by molar-refractivity contribution is 0.102. The fourth-order valence-corrected chi connectivity index (χ4v) is 2.43. The minimum absolute atomic E-state index is 0.167. The van der Waals surface area contributed by atoms with Crippen LogP contribution in [0.1, 0.15) is 21.5 Å². The van der Waals surface area contributed by atoms with E-state index in [1.54, 1.807) is 31.2 Å². The zero-order valence-corrected chi connectivity index (χ0v) is 12.3. The maximum absolute atomic E-state index is 12.2. The summed E-state index contributed by atoms with van der Waals surface area (Å²) in [6.07, 6.45) is 0. The maximum atomic E-state index is 12.2. The van der Waals surface area contributed by atoms with Crippen molar-refractivity contribution in [1.29, 1.82) is 0 Å². The molecule has 2 N–H and O–H groups in total. The van der Waals surface area contributed by atoms with Crippen molar-refractivity contribution in [3.8, 4) is 5.75 Å². The Hall–Kier alpha value is -1.81. The number of hydrogen-bond donors (Lipinski definition) is 2. The number of aromatic hydroxyl groups is 1. The van der Waals surface area contributed by atoms with Gasteiger partial charge in [0.2, 0.25) is 0 Å². The molecular weight excluding hydrogens is 306 g/mol. The van der Waals surface area contributed by atoms with Gasteiger partial charge < -0.3 is 10.4 Å². The third-order valence-corrected chi connectivity index (χ3v) is 3.58. The quantitative estimate of drug-likeness (QED) is 0.878. The molecular formula is C15H14BrNO2. The highest BCUT2D eigenvalue weighted by molar-refractivity contribution is 9.10. The fraction of sp³-hybridized carbons (Fsp3) is 0.133. The number of anilines is 1. The summed E-state index contributed by atoms with van der Waals surface area (Å²) in [5.41, 5.74) is 2.90. The van der Waals surface area contributed by atoms with Gasteiger partial charge in [0, 0.05) is 15.7 Å². The van der Waals surface area contributed by atoms with Crippen molar-refractivity contribution in [3.63, 3.8) is 0 Å². The van der Waals surface area contributed by atoms with Crippen molar-refractivity contribution in [2.24, 2.45) is 0 Å². The molecule has 2 aromatic rings. The smallest absolute Gasteiger partial charge is 0.256 e. The highest BCUT2D eigenvalue weighted by atomic mass is 79.9. The second-order valence-electron chi connectivity index (χ2n) is 4.39. The van der Waals surface area contributed by atoms with Crippen molar-refractivity contribution in [2.45, 2.75) is 13.8 Å². The largest absolute Gasteiger partial charge is 0.508 e. The predicted molar refractivity (Wildman–Crippen MR) is 79.7 cm³/mol. The molecule has 0 unspecified atom stereocenters. The van der Waals surface area contributed by atoms with E-state index in [0.717, 1.165) is 10.0 Å². The molecule has 98 valence electrons. The number of carbonyl (C=O) groups is 1. The molecule has 0 aliphatic rings. The average molecular weight is 320 g/mol. The molecule has 0 atom stereocenters. The fourth-order valence-electron chi connectivity index (χ4n) is 1.75. The third kappa shape index (κ3) is 2.96. The van der Waals surface area contributed by atoms with Gasteiger partial charge in [0.05, 0.1) is 5.56 Å². The summed E-state index contributed by atoms with van der Waals surface area (Å²) in [6, 6.07) is 10.6. The molecule has 0 bridgehead atoms. The Morgan fingerprint density at radius 2 is 1.95 bits per heavy atom. The monoisotopic (exact) mass is 319 g/mol. The van der Waals surface area contributed by atoms with Gasteiger partial charge in [-0.15, -0.1) is 0 Å². The average Bonchev–Trinajstić information content (AvgIpc) is 2.34. The number of benzene rings is 2. The van der Waals surface area contributed by atoms with E-state index in [-0.39, 0.29) is 11.7 Å². The van der Waals surface area contributed by atoms with Gasteiger partial charge in [0.1, 0.15) is 5.75 Å². The Morgan fingerprint density at radius 3 is 2.63 bits per heavy atom. The molecule has 4 heteroatoms. The van der Waals surface area contributed by atoms with Crippen LogP contribution in [-0.2, 0) is 0 Å². The van der Waals surface area contributed by atoms with E-state index in [0.29, 0.717) is 16.8 Å². The van der Waals surface area contributed by atoms with Gasteiger partial charge in [-0.25, -0.2) is 0 Å². The Bertz CT molecular complexity index is 638. The van der Waals surface area contributed by atoms with Gasteiger partial charge in [0.15, 0.2) is 0 Å². The predicted octanol–water partition coefficient (Wildman–Crippen LogP) is 4.02. The normalized spacial score (nSPS) is 10.3. The van der Waals surface area contributed by atoms with E-state index in [4.69, 9.17) is 0 Å². The summed E-state index contributed by atoms with van der Waals surface area (Å²) < 4.78 is 0.753. The Balaban J connectivity index is 2.28. The number of phenols is 1. The van der Waals surface area contributed by atoms with Crippen LogP contribution in [0.15, 0.2) is 40.9 Å². The van der Waals surface area contributed by atoms with Crippen molar-refractivity contribution < 1.29 is 9.90 Å². The molecule has 0 fully saturated rings. The van der Waals surface area contributed by atoms with Crippen LogP contribution in [0, 0.1) is 13.8 Å². The molecule has 0 spiro atoms. The lowest BCUT2D eigenvalue weighted by Crippen LogP contribution is -2.13. The van der Waals surface area contributed by atoms with Crippen molar-refractivity contribution in [1.82, 2.24) is 0 Å². The molecule has 0 saturated carbocycles. The number of phenolic OH excluding ortho intramolecular Hbond substituents is 1. The van der Waals surface area contributed by atoms with E-state index in [9.17, 15) is 9.90 Å². The number of aryl methyl sites for hydroxylation is 1. The van der Waals surface area contributed by atoms with E-state index in [1.165, 1.54) is 0 Å². The van der Waals surface area contributed by atoms with Crippen LogP contribution in [0.25, 0.3) is 0 Å². The summed E-state index contributed by atoms with van der Waals surface area (Å²) in [6.45, 7) is 3.72. The lowest BCUT2D eigenvalue weighted by atomic mass is 10.1. The number of amides is 1. The van der Waals surface area contributed by atoms with Crippen molar-refractivity contribution in [2.75, 3.05) is 5.32 Å². The number of nitrogens with one attached hydrogen (secondary N) is 1. The minimum atomic E-state index is -0.208. The summed E-state index contributed by atoms with van der Waals surface area (Å²) in [5, 5.41) is 12.4. The molecule has 0 aromatic heterocycles. The summed E-state index contributed by atoms with van der Waals surface area (Å²) in [7, 11) is 0. The third-order valence-electron chi connectivity index (χ3n) is 2.92. The van der Waals surface area contributed by atoms with E-state index in [2.05, 4.69) is 21.2 Å². The topological polar surface area (TPSA) is 49.3 Å². The number of carbonyl (C=O) groups excluding carboxylic acids is 1. The van der Waals surface area contributed by atoms with Gasteiger partial charge >= 0.3 is 0 Å². The van der Waals surface area contributed by atoms with Crippen LogP contribution in [-0.4, -0.2) is 11.0 Å². The molecule has 2 rings (SSSR count). The van der Waals surface area contributed by atoms with Crippen LogP contribution < -0.4 is 5.32 Å². The highest BCUT2D eigenvalue weighted by Crippen LogP contribution is 2.25. The first-order valence-corrected chi connectivity index (χ1v) is 6.64. The van der Waals surface area contributed by atoms with E-state index in [1.807, 2.05) is 19.1 Å². The SMILES string of the molecule is Cc1ccc(C(=O)Nc2cccc(O)c2C)c(Br)c1. The first kappa shape index (κ1) is 13.6. The van der Waals surface area contributed by atoms with E-state index >= 15 is 0 Å². The highest BCUT2D eigenvalue weighted by Gasteiger charge is 2.12. The Labute approximate surface area is 120 Å². The molecule has 0 heterocycles. The van der Waals surface area contributed by atoms with Gasteiger partial charge in [0.25, 0.3) is 5.91 Å². The first-order valence-electron chi connectivity index (χ1n) is 5.85. The van der Waals surface area contributed by atoms with Crippen LogP contribution in [0.3, 0.4) is 0 Å². The van der Waals surface area contributed by atoms with Crippen LogP contribution in [0.5, 0.6) is 5.75 Å². The molecule has 0 aliphatic carbocycles. The van der Waals surface area contributed by atoms with Crippen LogP contribution >= 0.6 is 15.9 Å². The number of hydrogen-bond acceptors (Lipinski definition) is 2. The molecule has 19 heavy (non-hydrogen) atoms. The van der Waals surface area contributed by atoms with Gasteiger partial charge in [-0.1, -0.05) is 12.1 Å². The standard InChI is InChI=1S/C15H14BrNO2/c1-9-6-7-11(12(16)8-9)15(19)17-13-4-3-5-14(18)10(13)2/h3-8,18H,1-2H3,(H,17,19).